The summed E-state index contributed by atoms with van der Waals surface area (Å²) in [6.45, 7) is 4.95. The molecule has 0 aromatic heterocycles. The number of nitro benzene ring substituents is 1. The molecule has 108 valence electrons. The minimum Gasteiger partial charge on any atom is -0.338 e. The highest BCUT2D eigenvalue weighted by atomic mass is 16.6. The molecule has 0 saturated carbocycles. The van der Waals surface area contributed by atoms with E-state index in [1.165, 1.54) is 12.1 Å². The van der Waals surface area contributed by atoms with Gasteiger partial charge in [-0.3, -0.25) is 14.9 Å². The fourth-order valence-corrected chi connectivity index (χ4v) is 2.58. The van der Waals surface area contributed by atoms with Crippen molar-refractivity contribution in [2.45, 2.75) is 26.3 Å². The second-order valence-electron chi connectivity index (χ2n) is 5.42. The van der Waals surface area contributed by atoms with Gasteiger partial charge in [-0.25, -0.2) is 0 Å². The minimum atomic E-state index is -0.439. The summed E-state index contributed by atoms with van der Waals surface area (Å²) in [6, 6.07) is 4.57. The normalized spacial score (nSPS) is 19.9. The maximum absolute atomic E-state index is 12.4. The summed E-state index contributed by atoms with van der Waals surface area (Å²) in [4.78, 5) is 24.5. The Morgan fingerprint density at radius 1 is 1.55 bits per heavy atom. The summed E-state index contributed by atoms with van der Waals surface area (Å²) < 4.78 is 0. The van der Waals surface area contributed by atoms with Crippen LogP contribution in [0.1, 0.15) is 29.3 Å². The zero-order chi connectivity index (χ0) is 14.9. The summed E-state index contributed by atoms with van der Waals surface area (Å²) in [5, 5.41) is 10.8. The van der Waals surface area contributed by atoms with E-state index in [1.54, 1.807) is 17.9 Å². The fraction of sp³-hybridized carbons (Fsp3) is 0.500. The van der Waals surface area contributed by atoms with Crippen molar-refractivity contribution >= 4 is 11.6 Å². The number of aryl methyl sites for hydroxylation is 1. The highest BCUT2D eigenvalue weighted by Gasteiger charge is 2.29. The molecule has 2 unspecified atom stereocenters. The first kappa shape index (κ1) is 14.5. The maximum atomic E-state index is 12.4. The molecular formula is C14H19N3O3. The lowest BCUT2D eigenvalue weighted by Crippen LogP contribution is -2.33. The van der Waals surface area contributed by atoms with Gasteiger partial charge in [-0.05, 0) is 38.3 Å². The average molecular weight is 277 g/mol. The van der Waals surface area contributed by atoms with E-state index in [4.69, 9.17) is 5.73 Å². The summed E-state index contributed by atoms with van der Waals surface area (Å²) in [6.07, 6.45) is 0.912. The van der Waals surface area contributed by atoms with Gasteiger partial charge in [0.2, 0.25) is 0 Å². The Balaban J connectivity index is 2.14. The first-order valence-electron chi connectivity index (χ1n) is 6.70. The largest absolute Gasteiger partial charge is 0.338 e. The third-order valence-electron chi connectivity index (χ3n) is 3.90. The molecule has 1 aromatic carbocycles. The van der Waals surface area contributed by atoms with Gasteiger partial charge in [0.25, 0.3) is 11.6 Å². The summed E-state index contributed by atoms with van der Waals surface area (Å²) in [5.74, 6) is 0.254. The van der Waals surface area contributed by atoms with Crippen LogP contribution in [0.2, 0.25) is 0 Å². The predicted octanol–water partition coefficient (Wildman–Crippen LogP) is 1.71. The number of hydrogen-bond acceptors (Lipinski definition) is 4. The van der Waals surface area contributed by atoms with E-state index < -0.39 is 4.92 Å². The van der Waals surface area contributed by atoms with Gasteiger partial charge in [-0.15, -0.1) is 0 Å². The van der Waals surface area contributed by atoms with E-state index in [1.807, 2.05) is 6.92 Å². The van der Waals surface area contributed by atoms with E-state index in [-0.39, 0.29) is 17.6 Å². The van der Waals surface area contributed by atoms with Crippen molar-refractivity contribution in [3.8, 4) is 0 Å². The minimum absolute atomic E-state index is 0.0384. The smallest absolute Gasteiger partial charge is 0.272 e. The molecule has 1 fully saturated rings. The molecule has 1 aromatic rings. The fourth-order valence-electron chi connectivity index (χ4n) is 2.58. The number of carbonyl (C=O) groups excluding carboxylic acids is 1. The predicted molar refractivity (Wildman–Crippen MR) is 75.5 cm³/mol. The van der Waals surface area contributed by atoms with E-state index in [0.717, 1.165) is 6.42 Å². The Hall–Kier alpha value is -1.95. The van der Waals surface area contributed by atoms with Gasteiger partial charge in [-0.2, -0.15) is 0 Å². The first-order valence-corrected chi connectivity index (χ1v) is 6.70. The van der Waals surface area contributed by atoms with Gasteiger partial charge in [0.1, 0.15) is 0 Å². The van der Waals surface area contributed by atoms with Crippen LogP contribution in [-0.4, -0.2) is 34.9 Å². The van der Waals surface area contributed by atoms with Crippen molar-refractivity contribution in [3.05, 3.63) is 39.4 Å². The maximum Gasteiger partial charge on any atom is 0.272 e. The molecule has 2 atom stereocenters. The molecule has 1 heterocycles. The Kier molecular flexibility index (Phi) is 4.04. The summed E-state index contributed by atoms with van der Waals surface area (Å²) >= 11 is 0. The van der Waals surface area contributed by atoms with E-state index in [0.29, 0.717) is 30.1 Å². The Bertz CT molecular complexity index is 542. The lowest BCUT2D eigenvalue weighted by Gasteiger charge is -2.18. The number of rotatable bonds is 3. The monoisotopic (exact) mass is 277 g/mol. The molecule has 0 radical (unpaired) electrons. The molecule has 1 aliphatic heterocycles. The van der Waals surface area contributed by atoms with Gasteiger partial charge in [0.05, 0.1) is 4.92 Å². The second-order valence-corrected chi connectivity index (χ2v) is 5.42. The van der Waals surface area contributed by atoms with Crippen LogP contribution in [0.5, 0.6) is 0 Å². The third kappa shape index (κ3) is 2.80. The van der Waals surface area contributed by atoms with Crippen LogP contribution < -0.4 is 5.73 Å². The molecule has 0 bridgehead atoms. The van der Waals surface area contributed by atoms with Crippen molar-refractivity contribution in [1.82, 2.24) is 4.90 Å². The zero-order valence-corrected chi connectivity index (χ0v) is 11.7. The number of benzene rings is 1. The van der Waals surface area contributed by atoms with Crippen LogP contribution in [-0.2, 0) is 0 Å². The number of carbonyl (C=O) groups is 1. The highest BCUT2D eigenvalue weighted by molar-refractivity contribution is 5.95. The van der Waals surface area contributed by atoms with E-state index >= 15 is 0 Å². The second kappa shape index (κ2) is 5.58. The van der Waals surface area contributed by atoms with Crippen LogP contribution in [0, 0.1) is 23.0 Å². The first-order chi connectivity index (χ1) is 9.40. The molecule has 6 heteroatoms. The molecule has 2 N–H and O–H groups in total. The molecule has 0 spiro atoms. The van der Waals surface area contributed by atoms with Crippen LogP contribution >= 0.6 is 0 Å². The topological polar surface area (TPSA) is 89.5 Å². The molecule has 1 amide bonds. The summed E-state index contributed by atoms with van der Waals surface area (Å²) in [5.41, 5.74) is 6.90. The number of nitrogens with zero attached hydrogens (tertiary/aromatic N) is 2. The van der Waals surface area contributed by atoms with Crippen LogP contribution in [0.3, 0.4) is 0 Å². The molecular weight excluding hydrogens is 258 g/mol. The number of nitro groups is 1. The van der Waals surface area contributed by atoms with E-state index in [2.05, 4.69) is 0 Å². The van der Waals surface area contributed by atoms with Crippen LogP contribution in [0.15, 0.2) is 18.2 Å². The average Bonchev–Trinajstić information content (AvgIpc) is 2.87. The molecule has 6 nitrogen and oxygen atoms in total. The highest BCUT2D eigenvalue weighted by Crippen LogP contribution is 2.23. The van der Waals surface area contributed by atoms with Gasteiger partial charge in [0, 0.05) is 36.3 Å². The number of amides is 1. The number of nitrogens with two attached hydrogens (primary N) is 1. The Morgan fingerprint density at radius 3 is 2.75 bits per heavy atom. The quantitative estimate of drug-likeness (QED) is 0.672. The van der Waals surface area contributed by atoms with Crippen LogP contribution in [0.4, 0.5) is 5.69 Å². The lowest BCUT2D eigenvalue weighted by atomic mass is 10.0. The van der Waals surface area contributed by atoms with Crippen molar-refractivity contribution in [2.24, 2.45) is 11.7 Å². The van der Waals surface area contributed by atoms with E-state index in [9.17, 15) is 14.9 Å². The molecule has 2 rings (SSSR count). The van der Waals surface area contributed by atoms with Crippen LogP contribution in [0.25, 0.3) is 0 Å². The third-order valence-corrected chi connectivity index (χ3v) is 3.90. The van der Waals surface area contributed by atoms with Crippen molar-refractivity contribution in [2.75, 3.05) is 13.1 Å². The van der Waals surface area contributed by atoms with Gasteiger partial charge >= 0.3 is 0 Å². The lowest BCUT2D eigenvalue weighted by molar-refractivity contribution is -0.385. The molecule has 1 aliphatic rings. The van der Waals surface area contributed by atoms with Gasteiger partial charge < -0.3 is 10.6 Å². The standard InChI is InChI=1S/C14H19N3O3/c1-9-7-11(3-4-13(9)17(19)20)14(18)16-6-5-12(8-16)10(2)15/h3-4,7,10,12H,5-6,8,15H2,1-2H3. The summed E-state index contributed by atoms with van der Waals surface area (Å²) in [7, 11) is 0. The Morgan fingerprint density at radius 2 is 2.25 bits per heavy atom. The zero-order valence-electron chi connectivity index (χ0n) is 11.7. The molecule has 0 aliphatic carbocycles. The van der Waals surface area contributed by atoms with Gasteiger partial charge in [-0.1, -0.05) is 0 Å². The Labute approximate surface area is 117 Å². The van der Waals surface area contributed by atoms with Gasteiger partial charge in [0.15, 0.2) is 0 Å². The van der Waals surface area contributed by atoms with Crippen molar-refractivity contribution < 1.29 is 9.72 Å². The number of hydrogen-bond donors (Lipinski definition) is 1. The SMILES string of the molecule is Cc1cc(C(=O)N2CCC(C(C)N)C2)ccc1[N+](=O)[O-]. The molecule has 1 saturated heterocycles. The molecule has 20 heavy (non-hydrogen) atoms. The number of likely N-dealkylation sites (tertiary alicyclic amines) is 1. The van der Waals surface area contributed by atoms with Crippen molar-refractivity contribution in [3.63, 3.8) is 0 Å². The van der Waals surface area contributed by atoms with Crippen molar-refractivity contribution in [1.29, 1.82) is 0 Å².